The second-order valence-corrected chi connectivity index (χ2v) is 5.06. The standard InChI is InChI=1S/C17H19F2N/c1-12-6-8-15(9-7-12)13(2)20-11-14-4-3-5-16(10-14)17(18)19/h3-10,13,17,20H,11H2,1-2H3/t13-/m0/s1. The van der Waals surface area contributed by atoms with Crippen LogP contribution in [0.5, 0.6) is 0 Å². The Balaban J connectivity index is 1.97. The van der Waals surface area contributed by atoms with Crippen LogP contribution in [0.1, 0.15) is 41.6 Å². The summed E-state index contributed by atoms with van der Waals surface area (Å²) in [5, 5.41) is 3.36. The van der Waals surface area contributed by atoms with Gasteiger partial charge < -0.3 is 5.32 Å². The van der Waals surface area contributed by atoms with Crippen molar-refractivity contribution in [3.8, 4) is 0 Å². The molecule has 0 saturated carbocycles. The number of aryl methyl sites for hydroxylation is 1. The SMILES string of the molecule is Cc1ccc([C@H](C)NCc2cccc(C(F)F)c2)cc1. The Morgan fingerprint density at radius 1 is 1.00 bits per heavy atom. The molecule has 106 valence electrons. The molecular weight excluding hydrogens is 256 g/mol. The Labute approximate surface area is 118 Å². The third kappa shape index (κ3) is 3.87. The first-order chi connectivity index (χ1) is 9.56. The number of benzene rings is 2. The van der Waals surface area contributed by atoms with E-state index in [0.29, 0.717) is 6.54 Å². The van der Waals surface area contributed by atoms with E-state index in [9.17, 15) is 8.78 Å². The second-order valence-electron chi connectivity index (χ2n) is 5.06. The molecule has 0 bridgehead atoms. The molecule has 1 N–H and O–H groups in total. The summed E-state index contributed by atoms with van der Waals surface area (Å²) in [6.45, 7) is 4.70. The van der Waals surface area contributed by atoms with Crippen molar-refractivity contribution in [2.45, 2.75) is 32.9 Å². The summed E-state index contributed by atoms with van der Waals surface area (Å²) in [7, 11) is 0. The van der Waals surface area contributed by atoms with Crippen LogP contribution in [0.2, 0.25) is 0 Å². The maximum Gasteiger partial charge on any atom is 0.263 e. The molecule has 0 amide bonds. The van der Waals surface area contributed by atoms with Gasteiger partial charge >= 0.3 is 0 Å². The van der Waals surface area contributed by atoms with Crippen molar-refractivity contribution in [1.29, 1.82) is 0 Å². The second kappa shape index (κ2) is 6.62. The lowest BCUT2D eigenvalue weighted by molar-refractivity contribution is 0.151. The quantitative estimate of drug-likeness (QED) is 0.827. The van der Waals surface area contributed by atoms with Gasteiger partial charge in [0.2, 0.25) is 0 Å². The molecule has 0 aliphatic rings. The molecule has 0 saturated heterocycles. The molecule has 1 nitrogen and oxygen atoms in total. The summed E-state index contributed by atoms with van der Waals surface area (Å²) < 4.78 is 25.3. The van der Waals surface area contributed by atoms with Gasteiger partial charge in [-0.1, -0.05) is 48.0 Å². The summed E-state index contributed by atoms with van der Waals surface area (Å²) in [5.74, 6) is 0. The first kappa shape index (κ1) is 14.7. The van der Waals surface area contributed by atoms with E-state index >= 15 is 0 Å². The largest absolute Gasteiger partial charge is 0.306 e. The number of nitrogens with one attached hydrogen (secondary N) is 1. The van der Waals surface area contributed by atoms with Crippen LogP contribution in [-0.2, 0) is 6.54 Å². The molecule has 0 aliphatic heterocycles. The first-order valence-corrected chi connectivity index (χ1v) is 6.73. The van der Waals surface area contributed by atoms with Crippen molar-refractivity contribution in [3.63, 3.8) is 0 Å². The van der Waals surface area contributed by atoms with E-state index in [1.165, 1.54) is 17.2 Å². The Kier molecular flexibility index (Phi) is 4.85. The van der Waals surface area contributed by atoms with Crippen LogP contribution in [0.4, 0.5) is 8.78 Å². The number of halogens is 2. The van der Waals surface area contributed by atoms with Gasteiger partial charge in [0.25, 0.3) is 6.43 Å². The van der Waals surface area contributed by atoms with Crippen LogP contribution >= 0.6 is 0 Å². The minimum atomic E-state index is -2.41. The summed E-state index contributed by atoms with van der Waals surface area (Å²) in [6, 6.07) is 15.1. The van der Waals surface area contributed by atoms with Crippen LogP contribution in [0.15, 0.2) is 48.5 Å². The molecule has 0 heterocycles. The predicted molar refractivity (Wildman–Crippen MR) is 77.8 cm³/mol. The topological polar surface area (TPSA) is 12.0 Å². The molecular formula is C17H19F2N. The van der Waals surface area contributed by atoms with E-state index in [0.717, 1.165) is 5.56 Å². The van der Waals surface area contributed by atoms with Crippen molar-refractivity contribution in [2.24, 2.45) is 0 Å². The number of hydrogen-bond donors (Lipinski definition) is 1. The van der Waals surface area contributed by atoms with E-state index in [4.69, 9.17) is 0 Å². The van der Waals surface area contributed by atoms with Gasteiger partial charge in [-0.15, -0.1) is 0 Å². The average Bonchev–Trinajstić information content (AvgIpc) is 2.46. The fourth-order valence-corrected chi connectivity index (χ4v) is 2.08. The third-order valence-electron chi connectivity index (χ3n) is 3.39. The smallest absolute Gasteiger partial charge is 0.263 e. The van der Waals surface area contributed by atoms with Crippen LogP contribution in [-0.4, -0.2) is 0 Å². The zero-order valence-electron chi connectivity index (χ0n) is 11.7. The van der Waals surface area contributed by atoms with Crippen LogP contribution < -0.4 is 5.32 Å². The van der Waals surface area contributed by atoms with Crippen molar-refractivity contribution >= 4 is 0 Å². The Morgan fingerprint density at radius 2 is 1.70 bits per heavy atom. The van der Waals surface area contributed by atoms with Gasteiger partial charge in [0, 0.05) is 18.2 Å². The molecule has 2 aromatic rings. The summed E-state index contributed by atoms with van der Waals surface area (Å²) in [4.78, 5) is 0. The van der Waals surface area contributed by atoms with Crippen LogP contribution in [0.25, 0.3) is 0 Å². The lowest BCUT2D eigenvalue weighted by atomic mass is 10.1. The number of rotatable bonds is 5. The highest BCUT2D eigenvalue weighted by Gasteiger charge is 2.08. The van der Waals surface area contributed by atoms with E-state index in [2.05, 4.69) is 43.4 Å². The maximum atomic E-state index is 12.6. The highest BCUT2D eigenvalue weighted by Crippen LogP contribution is 2.20. The Morgan fingerprint density at radius 3 is 2.35 bits per heavy atom. The van der Waals surface area contributed by atoms with Gasteiger partial charge in [-0.05, 0) is 31.0 Å². The highest BCUT2D eigenvalue weighted by molar-refractivity contribution is 5.26. The zero-order chi connectivity index (χ0) is 14.5. The van der Waals surface area contributed by atoms with E-state index in [1.54, 1.807) is 12.1 Å². The van der Waals surface area contributed by atoms with Crippen molar-refractivity contribution in [3.05, 3.63) is 70.8 Å². The molecule has 0 spiro atoms. The van der Waals surface area contributed by atoms with Crippen molar-refractivity contribution < 1.29 is 8.78 Å². The average molecular weight is 275 g/mol. The summed E-state index contributed by atoms with van der Waals surface area (Å²) in [6.07, 6.45) is -2.41. The van der Waals surface area contributed by atoms with Gasteiger partial charge in [0.1, 0.15) is 0 Å². The van der Waals surface area contributed by atoms with Gasteiger partial charge in [0.15, 0.2) is 0 Å². The lowest BCUT2D eigenvalue weighted by Gasteiger charge is -2.15. The van der Waals surface area contributed by atoms with E-state index in [-0.39, 0.29) is 11.6 Å². The summed E-state index contributed by atoms with van der Waals surface area (Å²) >= 11 is 0. The van der Waals surface area contributed by atoms with Crippen molar-refractivity contribution in [2.75, 3.05) is 0 Å². The lowest BCUT2D eigenvalue weighted by Crippen LogP contribution is -2.18. The van der Waals surface area contributed by atoms with Crippen LogP contribution in [0, 0.1) is 6.92 Å². The highest BCUT2D eigenvalue weighted by atomic mass is 19.3. The van der Waals surface area contributed by atoms with Gasteiger partial charge in [-0.3, -0.25) is 0 Å². The normalized spacial score (nSPS) is 12.7. The molecule has 20 heavy (non-hydrogen) atoms. The van der Waals surface area contributed by atoms with E-state index in [1.807, 2.05) is 6.07 Å². The Bertz CT molecular complexity index is 549. The monoisotopic (exact) mass is 275 g/mol. The molecule has 0 unspecified atom stereocenters. The number of alkyl halides is 2. The molecule has 2 rings (SSSR count). The predicted octanol–water partition coefficient (Wildman–Crippen LogP) is 4.78. The number of hydrogen-bond acceptors (Lipinski definition) is 1. The molecule has 0 fully saturated rings. The first-order valence-electron chi connectivity index (χ1n) is 6.73. The van der Waals surface area contributed by atoms with Crippen LogP contribution in [0.3, 0.4) is 0 Å². The van der Waals surface area contributed by atoms with Gasteiger partial charge in [-0.25, -0.2) is 8.78 Å². The third-order valence-corrected chi connectivity index (χ3v) is 3.39. The molecule has 0 aromatic heterocycles. The summed E-state index contributed by atoms with van der Waals surface area (Å²) in [5.41, 5.74) is 3.38. The molecule has 1 atom stereocenters. The fraction of sp³-hybridized carbons (Fsp3) is 0.294. The molecule has 0 radical (unpaired) electrons. The van der Waals surface area contributed by atoms with E-state index < -0.39 is 6.43 Å². The van der Waals surface area contributed by atoms with Crippen molar-refractivity contribution in [1.82, 2.24) is 5.32 Å². The minimum Gasteiger partial charge on any atom is -0.306 e. The maximum absolute atomic E-state index is 12.6. The minimum absolute atomic E-state index is 0.0762. The molecule has 0 aliphatic carbocycles. The Hall–Kier alpha value is -1.74. The fourth-order valence-electron chi connectivity index (χ4n) is 2.08. The van der Waals surface area contributed by atoms with Gasteiger partial charge in [-0.2, -0.15) is 0 Å². The molecule has 2 aromatic carbocycles. The van der Waals surface area contributed by atoms with Gasteiger partial charge in [0.05, 0.1) is 0 Å². The molecule has 3 heteroatoms. The zero-order valence-corrected chi connectivity index (χ0v) is 11.7.